The second-order valence-corrected chi connectivity index (χ2v) is 3.77. The SMILES string of the molecule is CC1CCC(C=O)(CCF)C1. The molecule has 1 nitrogen and oxygen atoms in total. The molecule has 2 unspecified atom stereocenters. The summed E-state index contributed by atoms with van der Waals surface area (Å²) < 4.78 is 12.0. The molecule has 1 saturated carbocycles. The van der Waals surface area contributed by atoms with E-state index in [1.54, 1.807) is 0 Å². The van der Waals surface area contributed by atoms with Gasteiger partial charge in [-0.25, -0.2) is 0 Å². The molecule has 0 radical (unpaired) electrons. The number of aldehydes is 1. The monoisotopic (exact) mass is 158 g/mol. The summed E-state index contributed by atoms with van der Waals surface area (Å²) in [7, 11) is 0. The molecule has 0 saturated heterocycles. The Morgan fingerprint density at radius 3 is 2.82 bits per heavy atom. The van der Waals surface area contributed by atoms with Gasteiger partial charge in [0.25, 0.3) is 0 Å². The van der Waals surface area contributed by atoms with Gasteiger partial charge in [-0.1, -0.05) is 6.92 Å². The number of rotatable bonds is 3. The lowest BCUT2D eigenvalue weighted by Crippen LogP contribution is -2.19. The molecule has 0 aromatic carbocycles. The Bertz CT molecular complexity index is 142. The maximum atomic E-state index is 12.0. The standard InChI is InChI=1S/C9H15FO/c1-8-2-3-9(6-8,7-11)4-5-10/h7-8H,2-6H2,1H3. The summed E-state index contributed by atoms with van der Waals surface area (Å²) in [5, 5.41) is 0. The van der Waals surface area contributed by atoms with Crippen molar-refractivity contribution in [1.82, 2.24) is 0 Å². The highest BCUT2D eigenvalue weighted by Crippen LogP contribution is 2.42. The molecule has 0 heterocycles. The van der Waals surface area contributed by atoms with Crippen LogP contribution in [0.5, 0.6) is 0 Å². The van der Waals surface area contributed by atoms with Gasteiger partial charge in [0.2, 0.25) is 0 Å². The van der Waals surface area contributed by atoms with Crippen LogP contribution in [-0.4, -0.2) is 13.0 Å². The average molecular weight is 158 g/mol. The Balaban J connectivity index is 2.54. The molecule has 0 amide bonds. The van der Waals surface area contributed by atoms with Gasteiger partial charge < -0.3 is 4.79 Å². The van der Waals surface area contributed by atoms with Crippen LogP contribution < -0.4 is 0 Å². The third-order valence-electron chi connectivity index (χ3n) is 2.73. The number of hydrogen-bond acceptors (Lipinski definition) is 1. The maximum Gasteiger partial charge on any atom is 0.126 e. The molecule has 0 aliphatic heterocycles. The quantitative estimate of drug-likeness (QED) is 0.576. The van der Waals surface area contributed by atoms with Crippen molar-refractivity contribution >= 4 is 6.29 Å². The minimum absolute atomic E-state index is 0.297. The summed E-state index contributed by atoms with van der Waals surface area (Å²) >= 11 is 0. The fraction of sp³-hybridized carbons (Fsp3) is 0.889. The van der Waals surface area contributed by atoms with Crippen molar-refractivity contribution in [2.75, 3.05) is 6.67 Å². The van der Waals surface area contributed by atoms with Gasteiger partial charge in [-0.05, 0) is 31.6 Å². The molecule has 0 bridgehead atoms. The number of halogens is 1. The largest absolute Gasteiger partial charge is 0.303 e. The van der Waals surface area contributed by atoms with Gasteiger partial charge >= 0.3 is 0 Å². The van der Waals surface area contributed by atoms with Gasteiger partial charge in [0, 0.05) is 5.41 Å². The zero-order valence-corrected chi connectivity index (χ0v) is 6.98. The Morgan fingerprint density at radius 1 is 1.73 bits per heavy atom. The van der Waals surface area contributed by atoms with E-state index < -0.39 is 0 Å². The lowest BCUT2D eigenvalue weighted by Gasteiger charge is -2.19. The number of carbonyl (C=O) groups excluding carboxylic acids is 1. The maximum absolute atomic E-state index is 12.0. The Hall–Kier alpha value is -0.400. The van der Waals surface area contributed by atoms with Crippen molar-refractivity contribution < 1.29 is 9.18 Å². The average Bonchev–Trinajstić information content (AvgIpc) is 2.34. The van der Waals surface area contributed by atoms with E-state index in [-0.39, 0.29) is 12.1 Å². The van der Waals surface area contributed by atoms with E-state index in [1.165, 1.54) is 0 Å². The predicted octanol–water partition coefficient (Wildman–Crippen LogP) is 2.35. The van der Waals surface area contributed by atoms with Crippen molar-refractivity contribution in [1.29, 1.82) is 0 Å². The lowest BCUT2D eigenvalue weighted by atomic mass is 9.84. The molecule has 1 aliphatic carbocycles. The topological polar surface area (TPSA) is 17.1 Å². The normalized spacial score (nSPS) is 37.5. The van der Waals surface area contributed by atoms with Crippen LogP contribution in [0.25, 0.3) is 0 Å². The van der Waals surface area contributed by atoms with E-state index in [0.717, 1.165) is 25.5 Å². The molecular formula is C9H15FO. The van der Waals surface area contributed by atoms with E-state index >= 15 is 0 Å². The Kier molecular flexibility index (Phi) is 2.63. The minimum Gasteiger partial charge on any atom is -0.303 e. The smallest absolute Gasteiger partial charge is 0.126 e. The summed E-state index contributed by atoms with van der Waals surface area (Å²) in [5.41, 5.74) is -0.297. The molecular weight excluding hydrogens is 143 g/mol. The van der Waals surface area contributed by atoms with E-state index in [4.69, 9.17) is 0 Å². The van der Waals surface area contributed by atoms with Crippen molar-refractivity contribution in [2.45, 2.75) is 32.6 Å². The van der Waals surface area contributed by atoms with Crippen LogP contribution in [0.15, 0.2) is 0 Å². The third-order valence-corrected chi connectivity index (χ3v) is 2.73. The van der Waals surface area contributed by atoms with Gasteiger partial charge in [-0.15, -0.1) is 0 Å². The van der Waals surface area contributed by atoms with Crippen molar-refractivity contribution in [3.63, 3.8) is 0 Å². The molecule has 2 atom stereocenters. The van der Waals surface area contributed by atoms with Gasteiger partial charge in [0.1, 0.15) is 6.29 Å². The number of alkyl halides is 1. The second-order valence-electron chi connectivity index (χ2n) is 3.77. The highest BCUT2D eigenvalue weighted by atomic mass is 19.1. The summed E-state index contributed by atoms with van der Waals surface area (Å²) in [6.45, 7) is 1.77. The third kappa shape index (κ3) is 1.79. The van der Waals surface area contributed by atoms with Crippen LogP contribution in [0.3, 0.4) is 0 Å². The first-order valence-electron chi connectivity index (χ1n) is 4.25. The molecule has 1 rings (SSSR count). The van der Waals surface area contributed by atoms with Crippen LogP contribution in [-0.2, 0) is 4.79 Å². The van der Waals surface area contributed by atoms with Crippen LogP contribution in [0.1, 0.15) is 32.6 Å². The molecule has 0 aromatic rings. The number of carbonyl (C=O) groups is 1. The minimum atomic E-state index is -0.356. The first-order valence-corrected chi connectivity index (χ1v) is 4.25. The number of hydrogen-bond donors (Lipinski definition) is 0. The van der Waals surface area contributed by atoms with Gasteiger partial charge in [-0.3, -0.25) is 4.39 Å². The molecule has 1 aliphatic rings. The van der Waals surface area contributed by atoms with Crippen LogP contribution in [0.2, 0.25) is 0 Å². The summed E-state index contributed by atoms with van der Waals surface area (Å²) in [6, 6.07) is 0. The van der Waals surface area contributed by atoms with Crippen molar-refractivity contribution in [3.8, 4) is 0 Å². The first kappa shape index (κ1) is 8.69. The van der Waals surface area contributed by atoms with Crippen LogP contribution in [0.4, 0.5) is 4.39 Å². The van der Waals surface area contributed by atoms with E-state index in [1.807, 2.05) is 0 Å². The van der Waals surface area contributed by atoms with Crippen molar-refractivity contribution in [2.24, 2.45) is 11.3 Å². The highest BCUT2D eigenvalue weighted by Gasteiger charge is 2.36. The van der Waals surface area contributed by atoms with Crippen molar-refractivity contribution in [3.05, 3.63) is 0 Å². The lowest BCUT2D eigenvalue weighted by molar-refractivity contribution is -0.116. The van der Waals surface area contributed by atoms with Gasteiger partial charge in [0.15, 0.2) is 0 Å². The van der Waals surface area contributed by atoms with Gasteiger partial charge in [0.05, 0.1) is 6.67 Å². The summed E-state index contributed by atoms with van der Waals surface area (Å²) in [4.78, 5) is 10.7. The molecule has 0 spiro atoms. The molecule has 0 aromatic heterocycles. The highest BCUT2D eigenvalue weighted by molar-refractivity contribution is 5.59. The molecule has 1 fully saturated rings. The zero-order chi connectivity index (χ0) is 8.32. The van der Waals surface area contributed by atoms with Crippen LogP contribution >= 0.6 is 0 Å². The summed E-state index contributed by atoms with van der Waals surface area (Å²) in [5.74, 6) is 0.603. The molecule has 2 heteroatoms. The van der Waals surface area contributed by atoms with E-state index in [2.05, 4.69) is 6.92 Å². The molecule has 0 N–H and O–H groups in total. The van der Waals surface area contributed by atoms with E-state index in [0.29, 0.717) is 12.3 Å². The first-order chi connectivity index (χ1) is 5.22. The fourth-order valence-electron chi connectivity index (χ4n) is 2.01. The Labute approximate surface area is 67.0 Å². The second kappa shape index (κ2) is 3.33. The van der Waals surface area contributed by atoms with Gasteiger partial charge in [-0.2, -0.15) is 0 Å². The predicted molar refractivity (Wildman–Crippen MR) is 42.1 cm³/mol. The summed E-state index contributed by atoms with van der Waals surface area (Å²) in [6.07, 6.45) is 4.26. The fourth-order valence-corrected chi connectivity index (χ4v) is 2.01. The Morgan fingerprint density at radius 2 is 2.45 bits per heavy atom. The van der Waals surface area contributed by atoms with E-state index in [9.17, 15) is 9.18 Å². The molecule has 11 heavy (non-hydrogen) atoms. The molecule has 64 valence electrons. The zero-order valence-electron chi connectivity index (χ0n) is 6.98. The van der Waals surface area contributed by atoms with Crippen LogP contribution in [0, 0.1) is 11.3 Å².